The quantitative estimate of drug-likeness (QED) is 0.277. The Morgan fingerprint density at radius 2 is 1.88 bits per heavy atom. The van der Waals surface area contributed by atoms with E-state index in [1.807, 2.05) is 0 Å². The third kappa shape index (κ3) is 9.20. The van der Waals surface area contributed by atoms with Crippen LogP contribution < -0.4 is 10.6 Å². The molecule has 0 fully saturated rings. The molecule has 0 spiro atoms. The molecule has 0 amide bonds. The highest BCUT2D eigenvalue weighted by Crippen LogP contribution is 2.02. The predicted molar refractivity (Wildman–Crippen MR) is 79.6 cm³/mol. The molecule has 4 nitrogen and oxygen atoms in total. The van der Waals surface area contributed by atoms with Crippen LogP contribution in [0, 0.1) is 0 Å². The highest BCUT2D eigenvalue weighted by molar-refractivity contribution is 8.11. The molecule has 1 unspecified atom stereocenters. The van der Waals surface area contributed by atoms with Crippen molar-refractivity contribution >= 4 is 64.3 Å². The molecule has 0 aromatic rings. The monoisotopic (exact) mass is 298 g/mol. The van der Waals surface area contributed by atoms with Crippen LogP contribution in [-0.4, -0.2) is 32.3 Å². The summed E-state index contributed by atoms with van der Waals surface area (Å²) in [5.41, 5.74) is 0. The van der Waals surface area contributed by atoms with Gasteiger partial charge in [0.15, 0.2) is 0 Å². The van der Waals surface area contributed by atoms with Crippen molar-refractivity contribution < 1.29 is 9.90 Å². The van der Waals surface area contributed by atoms with Crippen molar-refractivity contribution in [2.75, 3.05) is 6.54 Å². The number of carbonyl (C=O) groups is 1. The summed E-state index contributed by atoms with van der Waals surface area (Å²) in [6.07, 6.45) is 2.08. The van der Waals surface area contributed by atoms with E-state index < -0.39 is 12.0 Å². The van der Waals surface area contributed by atoms with Gasteiger partial charge in [-0.3, -0.25) is 0 Å². The molecule has 8 heteroatoms. The standard InChI is InChI=1S/C8H14N2O2S4/c11-6(12)5(10-8(15)16)3-1-2-4-9-7(13)14/h5H,1-4H2,(H,11,12)(H2,9,13,14)(H2,10,15,16). The Balaban J connectivity index is 3.72. The van der Waals surface area contributed by atoms with Crippen LogP contribution in [0.3, 0.4) is 0 Å². The fourth-order valence-corrected chi connectivity index (χ4v) is 1.59. The largest absolute Gasteiger partial charge is 0.480 e. The first-order chi connectivity index (χ1) is 7.43. The van der Waals surface area contributed by atoms with Crippen LogP contribution in [0.25, 0.3) is 0 Å². The molecule has 1 atom stereocenters. The van der Waals surface area contributed by atoms with Crippen molar-refractivity contribution in [3.05, 3.63) is 0 Å². The third-order valence-electron chi connectivity index (χ3n) is 1.79. The van der Waals surface area contributed by atoms with Gasteiger partial charge in [-0.05, 0) is 19.3 Å². The average molecular weight is 298 g/mol. The molecule has 3 N–H and O–H groups in total. The van der Waals surface area contributed by atoms with Gasteiger partial charge in [0.2, 0.25) is 0 Å². The normalized spacial score (nSPS) is 11.6. The Kier molecular flexibility index (Phi) is 9.00. The van der Waals surface area contributed by atoms with Crippen molar-refractivity contribution in [2.45, 2.75) is 25.3 Å². The van der Waals surface area contributed by atoms with Crippen LogP contribution in [0.1, 0.15) is 19.3 Å². The minimum absolute atomic E-state index is 0.196. The molecule has 0 aliphatic carbocycles. The van der Waals surface area contributed by atoms with Crippen molar-refractivity contribution in [2.24, 2.45) is 0 Å². The van der Waals surface area contributed by atoms with E-state index in [1.54, 1.807) is 0 Å². The van der Waals surface area contributed by atoms with Gasteiger partial charge >= 0.3 is 5.97 Å². The molecule has 0 rings (SSSR count). The maximum atomic E-state index is 10.8. The number of rotatable bonds is 7. The first kappa shape index (κ1) is 16.0. The maximum absolute atomic E-state index is 10.8. The molecule has 0 heterocycles. The Bertz CT molecular complexity index is 273. The van der Waals surface area contributed by atoms with E-state index in [2.05, 4.69) is 48.1 Å². The molecular weight excluding hydrogens is 284 g/mol. The first-order valence-corrected chi connectivity index (χ1v) is 6.33. The molecule has 0 radical (unpaired) electrons. The highest BCUT2D eigenvalue weighted by atomic mass is 32.1. The summed E-state index contributed by atoms with van der Waals surface area (Å²) in [6, 6.07) is -0.673. The predicted octanol–water partition coefficient (Wildman–Crippen LogP) is 1.22. The second-order valence-corrected chi connectivity index (χ2v) is 5.38. The van der Waals surface area contributed by atoms with Crippen LogP contribution in [-0.2, 0) is 4.79 Å². The van der Waals surface area contributed by atoms with Crippen LogP contribution in [0.5, 0.6) is 0 Å². The Morgan fingerprint density at radius 1 is 1.25 bits per heavy atom. The summed E-state index contributed by atoms with van der Waals surface area (Å²) in [4.78, 5) is 10.8. The first-order valence-electron chi connectivity index (χ1n) is 4.62. The molecule has 0 saturated carbocycles. The molecule has 0 bridgehead atoms. The fourth-order valence-electron chi connectivity index (χ4n) is 1.08. The highest BCUT2D eigenvalue weighted by Gasteiger charge is 2.16. The van der Waals surface area contributed by atoms with E-state index in [0.29, 0.717) is 17.3 Å². The lowest BCUT2D eigenvalue weighted by molar-refractivity contribution is -0.139. The summed E-state index contributed by atoms with van der Waals surface area (Å²) in [5, 5.41) is 14.4. The minimum Gasteiger partial charge on any atom is -0.480 e. The molecule has 0 saturated heterocycles. The summed E-state index contributed by atoms with van der Waals surface area (Å²) in [7, 11) is 0. The number of aliphatic carboxylic acids is 1. The number of carboxylic acid groups (broad SMARTS) is 1. The third-order valence-corrected chi connectivity index (χ3v) is 2.34. The van der Waals surface area contributed by atoms with Crippen LogP contribution >= 0.6 is 49.7 Å². The minimum atomic E-state index is -0.922. The molecule has 16 heavy (non-hydrogen) atoms. The summed E-state index contributed by atoms with van der Waals surface area (Å²) in [5.74, 6) is -0.922. The number of carboxylic acids is 1. The van der Waals surface area contributed by atoms with Gasteiger partial charge in [-0.15, -0.1) is 25.3 Å². The van der Waals surface area contributed by atoms with Gasteiger partial charge in [0.1, 0.15) is 14.7 Å². The van der Waals surface area contributed by atoms with Gasteiger partial charge < -0.3 is 15.7 Å². The zero-order chi connectivity index (χ0) is 12.6. The number of unbranched alkanes of at least 4 members (excludes halogenated alkanes) is 1. The van der Waals surface area contributed by atoms with Gasteiger partial charge in [-0.2, -0.15) is 0 Å². The fraction of sp³-hybridized carbons (Fsp3) is 0.625. The second-order valence-electron chi connectivity index (χ2n) is 3.07. The molecule has 92 valence electrons. The van der Waals surface area contributed by atoms with Crippen molar-refractivity contribution in [1.29, 1.82) is 0 Å². The van der Waals surface area contributed by atoms with Gasteiger partial charge in [0, 0.05) is 6.54 Å². The molecule has 0 aromatic carbocycles. The topological polar surface area (TPSA) is 61.4 Å². The number of nitrogens with one attached hydrogen (secondary N) is 2. The lowest BCUT2D eigenvalue weighted by atomic mass is 10.1. The number of hydrogen-bond donors (Lipinski definition) is 5. The van der Waals surface area contributed by atoms with E-state index in [-0.39, 0.29) is 4.32 Å². The van der Waals surface area contributed by atoms with Crippen molar-refractivity contribution in [3.8, 4) is 0 Å². The van der Waals surface area contributed by atoms with E-state index in [9.17, 15) is 4.79 Å². The van der Waals surface area contributed by atoms with E-state index in [4.69, 9.17) is 17.3 Å². The maximum Gasteiger partial charge on any atom is 0.326 e. The van der Waals surface area contributed by atoms with Gasteiger partial charge in [0.25, 0.3) is 0 Å². The Hall–Kier alpha value is -0.0500. The summed E-state index contributed by atoms with van der Waals surface area (Å²) >= 11 is 17.1. The van der Waals surface area contributed by atoms with Crippen LogP contribution in [0.15, 0.2) is 0 Å². The van der Waals surface area contributed by atoms with Crippen molar-refractivity contribution in [1.82, 2.24) is 10.6 Å². The summed E-state index contributed by atoms with van der Waals surface area (Å²) in [6.45, 7) is 0.694. The second kappa shape index (κ2) is 9.03. The Morgan fingerprint density at radius 3 is 2.31 bits per heavy atom. The lowest BCUT2D eigenvalue weighted by Gasteiger charge is -2.13. The SMILES string of the molecule is O=C(O)C(CCCCNC(=S)S)NC(=S)S. The smallest absolute Gasteiger partial charge is 0.326 e. The van der Waals surface area contributed by atoms with Gasteiger partial charge in [-0.1, -0.05) is 24.4 Å². The number of thiol groups is 2. The molecule has 0 aliphatic rings. The van der Waals surface area contributed by atoms with E-state index >= 15 is 0 Å². The Labute approximate surface area is 116 Å². The van der Waals surface area contributed by atoms with E-state index in [1.165, 1.54) is 0 Å². The average Bonchev–Trinajstić information content (AvgIpc) is 2.14. The summed E-state index contributed by atoms with van der Waals surface area (Å²) < 4.78 is 0.645. The molecule has 0 aliphatic heterocycles. The van der Waals surface area contributed by atoms with Crippen LogP contribution in [0.4, 0.5) is 0 Å². The molecular formula is C8H14N2O2S4. The number of hydrogen-bond acceptors (Lipinski definition) is 3. The van der Waals surface area contributed by atoms with Crippen LogP contribution in [0.2, 0.25) is 0 Å². The molecule has 0 aromatic heterocycles. The van der Waals surface area contributed by atoms with Gasteiger partial charge in [-0.25, -0.2) is 4.79 Å². The number of thiocarbonyl (C=S) groups is 2. The zero-order valence-electron chi connectivity index (χ0n) is 8.47. The lowest BCUT2D eigenvalue weighted by Crippen LogP contribution is -2.38. The van der Waals surface area contributed by atoms with Crippen molar-refractivity contribution in [3.63, 3.8) is 0 Å². The van der Waals surface area contributed by atoms with E-state index in [0.717, 1.165) is 12.8 Å². The zero-order valence-corrected chi connectivity index (χ0v) is 11.9. The van der Waals surface area contributed by atoms with Gasteiger partial charge in [0.05, 0.1) is 0 Å².